The van der Waals surface area contributed by atoms with Crippen LogP contribution in [-0.2, 0) is 9.59 Å². The number of hydrogen-bond acceptors (Lipinski definition) is 4. The molecule has 2 N–H and O–H groups in total. The van der Waals surface area contributed by atoms with Gasteiger partial charge in [0.15, 0.2) is 0 Å². The summed E-state index contributed by atoms with van der Waals surface area (Å²) in [6.07, 6.45) is 1.43. The van der Waals surface area contributed by atoms with Crippen LogP contribution in [0.5, 0.6) is 5.75 Å². The number of nitrogens with zero attached hydrogens (tertiary/aromatic N) is 1. The van der Waals surface area contributed by atoms with Gasteiger partial charge in [0, 0.05) is 5.02 Å². The Labute approximate surface area is 150 Å². The summed E-state index contributed by atoms with van der Waals surface area (Å²) < 4.78 is 5.08. The van der Waals surface area contributed by atoms with Crippen molar-refractivity contribution in [2.24, 2.45) is 5.10 Å². The quantitative estimate of drug-likeness (QED) is 0.489. The van der Waals surface area contributed by atoms with Gasteiger partial charge >= 0.3 is 11.8 Å². The van der Waals surface area contributed by atoms with E-state index in [4.69, 9.17) is 16.3 Å². The average Bonchev–Trinajstić information content (AvgIpc) is 2.63. The van der Waals surface area contributed by atoms with Crippen LogP contribution in [0.2, 0.25) is 5.02 Å². The number of hydrogen-bond donors (Lipinski definition) is 2. The molecule has 0 fully saturated rings. The summed E-state index contributed by atoms with van der Waals surface area (Å²) in [5.74, 6) is -0.890. The summed E-state index contributed by atoms with van der Waals surface area (Å²) in [6, 6.07) is 13.8. The highest BCUT2D eigenvalue weighted by Crippen LogP contribution is 2.17. The maximum atomic E-state index is 11.9. The first-order valence-corrected chi connectivity index (χ1v) is 7.91. The van der Waals surface area contributed by atoms with Crippen LogP contribution in [0.25, 0.3) is 0 Å². The van der Waals surface area contributed by atoms with Crippen LogP contribution in [0.3, 0.4) is 0 Å². The number of methoxy groups -OCH3 is 1. The molecule has 0 saturated carbocycles. The van der Waals surface area contributed by atoms with Gasteiger partial charge in [-0.15, -0.1) is 0 Å². The Balaban J connectivity index is 1.86. The third kappa shape index (κ3) is 5.61. The maximum Gasteiger partial charge on any atom is 0.329 e. The largest absolute Gasteiger partial charge is 0.497 e. The minimum atomic E-state index is -0.842. The summed E-state index contributed by atoms with van der Waals surface area (Å²) in [6.45, 7) is 1.78. The van der Waals surface area contributed by atoms with E-state index < -0.39 is 11.8 Å². The molecule has 0 radical (unpaired) electrons. The van der Waals surface area contributed by atoms with Crippen molar-refractivity contribution >= 4 is 29.6 Å². The number of hydrazone groups is 1. The van der Waals surface area contributed by atoms with E-state index in [1.54, 1.807) is 50.4 Å². The van der Waals surface area contributed by atoms with E-state index in [9.17, 15) is 9.59 Å². The molecule has 1 atom stereocenters. The summed E-state index contributed by atoms with van der Waals surface area (Å²) >= 11 is 5.78. The normalized spacial score (nSPS) is 11.8. The standard InChI is InChI=1S/C18H18ClN3O3/c1-12(14-5-9-16(25-2)10-6-14)21-17(23)18(24)22-20-11-13-3-7-15(19)8-4-13/h3-12H,1-2H3,(H,21,23)(H,22,24). The summed E-state index contributed by atoms with van der Waals surface area (Å²) in [4.78, 5) is 23.7. The van der Waals surface area contributed by atoms with Crippen LogP contribution >= 0.6 is 11.6 Å². The van der Waals surface area contributed by atoms with Crippen molar-refractivity contribution in [3.63, 3.8) is 0 Å². The number of halogens is 1. The van der Waals surface area contributed by atoms with Gasteiger partial charge in [-0.1, -0.05) is 35.9 Å². The van der Waals surface area contributed by atoms with E-state index in [0.29, 0.717) is 5.02 Å². The molecule has 6 nitrogen and oxygen atoms in total. The smallest absolute Gasteiger partial charge is 0.329 e. The van der Waals surface area contributed by atoms with Gasteiger partial charge in [-0.2, -0.15) is 5.10 Å². The monoisotopic (exact) mass is 359 g/mol. The Morgan fingerprint density at radius 3 is 2.32 bits per heavy atom. The van der Waals surface area contributed by atoms with Gasteiger partial charge in [-0.05, 0) is 42.3 Å². The number of amides is 2. The minimum absolute atomic E-state index is 0.329. The first-order chi connectivity index (χ1) is 12.0. The fourth-order valence-corrected chi connectivity index (χ4v) is 2.13. The Bertz CT molecular complexity index is 758. The summed E-state index contributed by atoms with van der Waals surface area (Å²) in [7, 11) is 1.58. The molecule has 0 saturated heterocycles. The van der Waals surface area contributed by atoms with E-state index in [1.807, 2.05) is 12.1 Å². The van der Waals surface area contributed by atoms with Gasteiger partial charge in [0.05, 0.1) is 19.4 Å². The highest BCUT2D eigenvalue weighted by molar-refractivity contribution is 6.35. The topological polar surface area (TPSA) is 79.8 Å². The third-order valence-electron chi connectivity index (χ3n) is 3.42. The molecule has 2 amide bonds. The van der Waals surface area contributed by atoms with E-state index >= 15 is 0 Å². The van der Waals surface area contributed by atoms with Crippen molar-refractivity contribution in [3.05, 3.63) is 64.7 Å². The van der Waals surface area contributed by atoms with E-state index in [1.165, 1.54) is 6.21 Å². The molecule has 0 aliphatic rings. The van der Waals surface area contributed by atoms with E-state index in [0.717, 1.165) is 16.9 Å². The number of rotatable bonds is 5. The Morgan fingerprint density at radius 1 is 1.08 bits per heavy atom. The molecule has 1 unspecified atom stereocenters. The summed E-state index contributed by atoms with van der Waals surface area (Å²) in [5.41, 5.74) is 3.79. The fraction of sp³-hybridized carbons (Fsp3) is 0.167. The van der Waals surface area contributed by atoms with Crippen LogP contribution in [0, 0.1) is 0 Å². The molecule has 2 aromatic carbocycles. The van der Waals surface area contributed by atoms with Crippen LogP contribution in [0.1, 0.15) is 24.1 Å². The highest BCUT2D eigenvalue weighted by atomic mass is 35.5. The van der Waals surface area contributed by atoms with Gasteiger partial charge in [0.2, 0.25) is 0 Å². The van der Waals surface area contributed by atoms with Crippen molar-refractivity contribution in [3.8, 4) is 5.75 Å². The molecule has 0 aromatic heterocycles. The first-order valence-electron chi connectivity index (χ1n) is 7.53. The molecular formula is C18H18ClN3O3. The van der Waals surface area contributed by atoms with Gasteiger partial charge in [-0.3, -0.25) is 9.59 Å². The minimum Gasteiger partial charge on any atom is -0.497 e. The summed E-state index contributed by atoms with van der Waals surface area (Å²) in [5, 5.41) is 6.96. The molecule has 0 heterocycles. The van der Waals surface area contributed by atoms with Crippen molar-refractivity contribution < 1.29 is 14.3 Å². The Hall–Kier alpha value is -2.86. The van der Waals surface area contributed by atoms with Crippen molar-refractivity contribution in [1.29, 1.82) is 0 Å². The highest BCUT2D eigenvalue weighted by Gasteiger charge is 2.16. The lowest BCUT2D eigenvalue weighted by molar-refractivity contribution is -0.139. The lowest BCUT2D eigenvalue weighted by Crippen LogP contribution is -2.39. The van der Waals surface area contributed by atoms with Gasteiger partial charge < -0.3 is 10.1 Å². The Kier molecular flexibility index (Phi) is 6.54. The molecule has 2 rings (SSSR count). The van der Waals surface area contributed by atoms with Crippen LogP contribution in [0.4, 0.5) is 0 Å². The molecule has 130 valence electrons. The van der Waals surface area contributed by atoms with Gasteiger partial charge in [-0.25, -0.2) is 5.43 Å². The predicted octanol–water partition coefficient (Wildman–Crippen LogP) is 2.68. The number of carbonyl (C=O) groups is 2. The molecule has 0 aliphatic heterocycles. The van der Waals surface area contributed by atoms with Gasteiger partial charge in [0.25, 0.3) is 0 Å². The van der Waals surface area contributed by atoms with Crippen molar-refractivity contribution in [1.82, 2.24) is 10.7 Å². The SMILES string of the molecule is COc1ccc(C(C)NC(=O)C(=O)NN=Cc2ccc(Cl)cc2)cc1. The number of ether oxygens (including phenoxy) is 1. The van der Waals surface area contributed by atoms with Crippen molar-refractivity contribution in [2.45, 2.75) is 13.0 Å². The second-order valence-electron chi connectivity index (χ2n) is 5.22. The van der Waals surface area contributed by atoms with Crippen LogP contribution in [-0.4, -0.2) is 25.1 Å². The van der Waals surface area contributed by atoms with E-state index in [-0.39, 0.29) is 6.04 Å². The van der Waals surface area contributed by atoms with Crippen LogP contribution < -0.4 is 15.5 Å². The second-order valence-corrected chi connectivity index (χ2v) is 5.66. The zero-order valence-corrected chi connectivity index (χ0v) is 14.6. The van der Waals surface area contributed by atoms with E-state index in [2.05, 4.69) is 15.8 Å². The number of benzene rings is 2. The molecular weight excluding hydrogens is 342 g/mol. The molecule has 25 heavy (non-hydrogen) atoms. The first kappa shape index (κ1) is 18.5. The number of carbonyl (C=O) groups excluding carboxylic acids is 2. The molecule has 2 aromatic rings. The maximum absolute atomic E-state index is 11.9. The lowest BCUT2D eigenvalue weighted by atomic mass is 10.1. The predicted molar refractivity (Wildman–Crippen MR) is 96.7 cm³/mol. The lowest BCUT2D eigenvalue weighted by Gasteiger charge is -2.13. The van der Waals surface area contributed by atoms with Crippen LogP contribution in [0.15, 0.2) is 53.6 Å². The molecule has 0 spiro atoms. The molecule has 7 heteroatoms. The zero-order valence-electron chi connectivity index (χ0n) is 13.8. The third-order valence-corrected chi connectivity index (χ3v) is 3.67. The average molecular weight is 360 g/mol. The Morgan fingerprint density at radius 2 is 1.72 bits per heavy atom. The zero-order chi connectivity index (χ0) is 18.2. The molecule has 0 bridgehead atoms. The van der Waals surface area contributed by atoms with Gasteiger partial charge in [0.1, 0.15) is 5.75 Å². The second kappa shape index (κ2) is 8.84. The van der Waals surface area contributed by atoms with Crippen molar-refractivity contribution in [2.75, 3.05) is 7.11 Å². The molecule has 0 aliphatic carbocycles. The number of nitrogens with one attached hydrogen (secondary N) is 2. The fourth-order valence-electron chi connectivity index (χ4n) is 2.00.